The second kappa shape index (κ2) is 5.50. The molecule has 1 aromatic carbocycles. The minimum atomic E-state index is -0.757. The predicted octanol–water partition coefficient (Wildman–Crippen LogP) is 3.92. The molecule has 0 atom stereocenters. The van der Waals surface area contributed by atoms with Crippen LogP contribution in [0.2, 0.25) is 10.3 Å². The number of hydrogen-bond donors (Lipinski definition) is 1. The molecule has 0 saturated heterocycles. The predicted molar refractivity (Wildman–Crippen MR) is 68.6 cm³/mol. The van der Waals surface area contributed by atoms with E-state index in [1.54, 1.807) is 0 Å². The first-order valence-corrected chi connectivity index (χ1v) is 5.81. The number of benzene rings is 1. The van der Waals surface area contributed by atoms with Crippen molar-refractivity contribution in [1.29, 1.82) is 0 Å². The number of carbonyl (C=O) groups is 1. The summed E-state index contributed by atoms with van der Waals surface area (Å²) in [5.41, 5.74) is -0.272. The lowest BCUT2D eigenvalue weighted by Crippen LogP contribution is -2.14. The molecule has 7 heteroatoms. The highest BCUT2D eigenvalue weighted by molar-refractivity contribution is 6.35. The van der Waals surface area contributed by atoms with E-state index in [9.17, 15) is 13.6 Å². The van der Waals surface area contributed by atoms with Gasteiger partial charge in [0.1, 0.15) is 21.9 Å². The molecule has 0 aliphatic rings. The van der Waals surface area contributed by atoms with Crippen molar-refractivity contribution in [1.82, 2.24) is 4.98 Å². The number of aromatic nitrogens is 1. The summed E-state index contributed by atoms with van der Waals surface area (Å²) in [5.74, 6) is -2.14. The Morgan fingerprint density at radius 2 is 1.89 bits per heavy atom. The number of carbonyl (C=O) groups excluding carboxylic acids is 1. The van der Waals surface area contributed by atoms with Crippen LogP contribution < -0.4 is 5.32 Å². The van der Waals surface area contributed by atoms with Crippen LogP contribution in [0, 0.1) is 11.6 Å². The molecule has 0 aliphatic carbocycles. The average Bonchev–Trinajstić information content (AvgIpc) is 2.33. The second-order valence-electron chi connectivity index (χ2n) is 3.55. The van der Waals surface area contributed by atoms with Gasteiger partial charge in [-0.25, -0.2) is 13.8 Å². The van der Waals surface area contributed by atoms with Crippen molar-refractivity contribution in [3.63, 3.8) is 0 Å². The van der Waals surface area contributed by atoms with E-state index in [1.165, 1.54) is 12.1 Å². The quantitative estimate of drug-likeness (QED) is 0.854. The molecule has 2 aromatic rings. The van der Waals surface area contributed by atoms with Gasteiger partial charge in [0.15, 0.2) is 0 Å². The van der Waals surface area contributed by atoms with Crippen molar-refractivity contribution in [3.05, 3.63) is 57.8 Å². The third kappa shape index (κ3) is 3.19. The third-order valence-electron chi connectivity index (χ3n) is 2.24. The zero-order valence-electron chi connectivity index (χ0n) is 9.25. The molecule has 3 nitrogen and oxygen atoms in total. The first-order valence-electron chi connectivity index (χ1n) is 5.06. The summed E-state index contributed by atoms with van der Waals surface area (Å²) in [6.07, 6.45) is 0. The maximum absolute atomic E-state index is 13.4. The summed E-state index contributed by atoms with van der Waals surface area (Å²) in [6, 6.07) is 5.42. The molecule has 1 aromatic heterocycles. The highest BCUT2D eigenvalue weighted by atomic mass is 35.5. The molecule has 0 radical (unpaired) electrons. The van der Waals surface area contributed by atoms with Crippen LogP contribution in [0.15, 0.2) is 30.3 Å². The van der Waals surface area contributed by atoms with E-state index in [2.05, 4.69) is 10.3 Å². The van der Waals surface area contributed by atoms with E-state index in [0.717, 1.165) is 18.2 Å². The molecular formula is C12H6Cl2F2N2O. The molecule has 1 amide bonds. The Kier molecular flexibility index (Phi) is 3.97. The van der Waals surface area contributed by atoms with E-state index in [-0.39, 0.29) is 21.6 Å². The number of hydrogen-bond acceptors (Lipinski definition) is 2. The lowest BCUT2D eigenvalue weighted by atomic mass is 10.2. The van der Waals surface area contributed by atoms with Gasteiger partial charge < -0.3 is 5.32 Å². The van der Waals surface area contributed by atoms with Crippen LogP contribution in [0.3, 0.4) is 0 Å². The number of nitrogens with one attached hydrogen (secondary N) is 1. The maximum Gasteiger partial charge on any atom is 0.258 e. The van der Waals surface area contributed by atoms with E-state index in [1.807, 2.05) is 0 Å². The monoisotopic (exact) mass is 302 g/mol. The van der Waals surface area contributed by atoms with Gasteiger partial charge in [-0.15, -0.1) is 0 Å². The van der Waals surface area contributed by atoms with Crippen LogP contribution >= 0.6 is 23.2 Å². The van der Waals surface area contributed by atoms with E-state index in [4.69, 9.17) is 23.2 Å². The molecule has 1 N–H and O–H groups in total. The standard InChI is InChI=1S/C12H6Cl2F2N2O/c13-10-4-2-7(11(14)18-10)12(19)17-9-5-6(15)1-3-8(9)16/h1-5H,(H,17,19). The van der Waals surface area contributed by atoms with E-state index >= 15 is 0 Å². The number of amides is 1. The minimum absolute atomic E-state index is 0.00901. The van der Waals surface area contributed by atoms with Crippen LogP contribution in [0.1, 0.15) is 10.4 Å². The van der Waals surface area contributed by atoms with Gasteiger partial charge in [-0.2, -0.15) is 0 Å². The van der Waals surface area contributed by atoms with Gasteiger partial charge in [0.2, 0.25) is 0 Å². The van der Waals surface area contributed by atoms with Gasteiger partial charge in [0, 0.05) is 6.07 Å². The molecule has 2 rings (SSSR count). The van der Waals surface area contributed by atoms with Crippen molar-refractivity contribution >= 4 is 34.8 Å². The summed E-state index contributed by atoms with van der Waals surface area (Å²) < 4.78 is 26.3. The summed E-state index contributed by atoms with van der Waals surface area (Å²) in [7, 11) is 0. The SMILES string of the molecule is O=C(Nc1cc(F)ccc1F)c1ccc(Cl)nc1Cl. The van der Waals surface area contributed by atoms with Crippen LogP contribution in [0.25, 0.3) is 0 Å². The zero-order valence-corrected chi connectivity index (χ0v) is 10.8. The summed E-state index contributed by atoms with van der Waals surface area (Å²) >= 11 is 11.3. The molecule has 0 unspecified atom stereocenters. The molecule has 0 saturated carbocycles. The Bertz CT molecular complexity index is 650. The van der Waals surface area contributed by atoms with Crippen LogP contribution in [0.4, 0.5) is 14.5 Å². The average molecular weight is 303 g/mol. The molecule has 0 spiro atoms. The van der Waals surface area contributed by atoms with Crippen LogP contribution in [0.5, 0.6) is 0 Å². The van der Waals surface area contributed by atoms with E-state index in [0.29, 0.717) is 0 Å². The van der Waals surface area contributed by atoms with E-state index < -0.39 is 17.5 Å². The largest absolute Gasteiger partial charge is 0.319 e. The van der Waals surface area contributed by atoms with Gasteiger partial charge in [0.05, 0.1) is 11.3 Å². The summed E-state index contributed by atoms with van der Waals surface area (Å²) in [4.78, 5) is 15.5. The number of rotatable bonds is 2. The highest BCUT2D eigenvalue weighted by Gasteiger charge is 2.14. The number of pyridine rings is 1. The van der Waals surface area contributed by atoms with Gasteiger partial charge in [-0.05, 0) is 24.3 Å². The Morgan fingerprint density at radius 3 is 2.58 bits per heavy atom. The van der Waals surface area contributed by atoms with Crippen molar-refractivity contribution in [2.24, 2.45) is 0 Å². The number of nitrogens with zero attached hydrogens (tertiary/aromatic N) is 1. The Balaban J connectivity index is 2.28. The lowest BCUT2D eigenvalue weighted by molar-refractivity contribution is 0.102. The Labute approximate surface area is 117 Å². The normalized spacial score (nSPS) is 10.3. The smallest absolute Gasteiger partial charge is 0.258 e. The number of anilines is 1. The highest BCUT2D eigenvalue weighted by Crippen LogP contribution is 2.20. The molecule has 0 fully saturated rings. The molecule has 19 heavy (non-hydrogen) atoms. The first-order chi connectivity index (χ1) is 8.97. The molecule has 0 bridgehead atoms. The Morgan fingerprint density at radius 1 is 1.16 bits per heavy atom. The van der Waals surface area contributed by atoms with Crippen molar-refractivity contribution < 1.29 is 13.6 Å². The molecule has 0 aliphatic heterocycles. The van der Waals surface area contributed by atoms with Crippen molar-refractivity contribution in [2.45, 2.75) is 0 Å². The lowest BCUT2D eigenvalue weighted by Gasteiger charge is -2.07. The molecule has 98 valence electrons. The number of halogens is 4. The van der Waals surface area contributed by atoms with Gasteiger partial charge in [0.25, 0.3) is 5.91 Å². The van der Waals surface area contributed by atoms with Crippen LogP contribution in [-0.2, 0) is 0 Å². The fourth-order valence-electron chi connectivity index (χ4n) is 1.36. The van der Waals surface area contributed by atoms with Crippen LogP contribution in [-0.4, -0.2) is 10.9 Å². The second-order valence-corrected chi connectivity index (χ2v) is 4.30. The van der Waals surface area contributed by atoms with Crippen molar-refractivity contribution in [2.75, 3.05) is 5.32 Å². The topological polar surface area (TPSA) is 42.0 Å². The zero-order chi connectivity index (χ0) is 14.0. The van der Waals surface area contributed by atoms with Crippen molar-refractivity contribution in [3.8, 4) is 0 Å². The van der Waals surface area contributed by atoms with Gasteiger partial charge >= 0.3 is 0 Å². The fraction of sp³-hybridized carbons (Fsp3) is 0. The Hall–Kier alpha value is -1.72. The fourth-order valence-corrected chi connectivity index (χ4v) is 1.80. The summed E-state index contributed by atoms with van der Waals surface area (Å²) in [5, 5.41) is 2.21. The van der Waals surface area contributed by atoms with Gasteiger partial charge in [-0.1, -0.05) is 23.2 Å². The molecular weight excluding hydrogens is 297 g/mol. The first kappa shape index (κ1) is 13.7. The van der Waals surface area contributed by atoms with Gasteiger partial charge in [-0.3, -0.25) is 4.79 Å². The maximum atomic E-state index is 13.4. The minimum Gasteiger partial charge on any atom is -0.319 e. The third-order valence-corrected chi connectivity index (χ3v) is 2.73. The molecule has 1 heterocycles. The summed E-state index contributed by atoms with van der Waals surface area (Å²) in [6.45, 7) is 0.